The molecule has 12 heteroatoms. The molecule has 42 heavy (non-hydrogen) atoms. The molecule has 246 valence electrons. The molecule has 0 saturated heterocycles. The second-order valence-corrected chi connectivity index (χ2v) is 12.1. The molecule has 0 aromatic heterocycles. The van der Waals surface area contributed by atoms with Crippen LogP contribution >= 0.6 is 7.82 Å². The van der Waals surface area contributed by atoms with Gasteiger partial charge in [-0.25, -0.2) is 9.36 Å². The van der Waals surface area contributed by atoms with Crippen LogP contribution in [0.25, 0.3) is 0 Å². The topological polar surface area (TPSA) is 169 Å². The van der Waals surface area contributed by atoms with E-state index in [2.05, 4.69) is 28.9 Å². The molecule has 0 bridgehead atoms. The number of carbonyl (C=O) groups excluding carboxylic acids is 2. The van der Waals surface area contributed by atoms with Gasteiger partial charge in [0.2, 0.25) is 5.91 Å². The zero-order chi connectivity index (χ0) is 31.5. The Morgan fingerprint density at radius 1 is 0.738 bits per heavy atom. The second-order valence-electron chi connectivity index (χ2n) is 10.6. The molecule has 0 fully saturated rings. The smallest absolute Gasteiger partial charge is 0.472 e. The quantitative estimate of drug-likeness (QED) is 0.0326. The average molecular weight is 622 g/mol. The molecule has 0 spiro atoms. The van der Waals surface area contributed by atoms with Crippen LogP contribution in [-0.2, 0) is 32.7 Å². The molecular weight excluding hydrogens is 565 g/mol. The Balaban J connectivity index is 4.02. The van der Waals surface area contributed by atoms with Crippen LogP contribution in [0.3, 0.4) is 0 Å². The monoisotopic (exact) mass is 621 g/mol. The number of nitrogens with one attached hydrogen (secondary N) is 1. The van der Waals surface area contributed by atoms with Crippen LogP contribution in [0.5, 0.6) is 0 Å². The van der Waals surface area contributed by atoms with Crippen LogP contribution in [0.1, 0.15) is 129 Å². The third-order valence-corrected chi connectivity index (χ3v) is 7.51. The van der Waals surface area contributed by atoms with E-state index in [0.29, 0.717) is 12.8 Å². The number of aliphatic hydroxyl groups is 1. The summed E-state index contributed by atoms with van der Waals surface area (Å²) in [4.78, 5) is 45.0. The fourth-order valence-corrected chi connectivity index (χ4v) is 4.78. The Labute approximate surface area is 252 Å². The van der Waals surface area contributed by atoms with E-state index < -0.39 is 57.6 Å². The minimum atomic E-state index is -4.73. The van der Waals surface area contributed by atoms with Crippen molar-refractivity contribution in [2.24, 2.45) is 0 Å². The molecule has 0 aliphatic heterocycles. The van der Waals surface area contributed by atoms with Crippen molar-refractivity contribution in [1.82, 2.24) is 5.32 Å². The molecule has 0 radical (unpaired) electrons. The van der Waals surface area contributed by atoms with E-state index >= 15 is 0 Å². The summed E-state index contributed by atoms with van der Waals surface area (Å²) in [5, 5.41) is 21.4. The lowest BCUT2D eigenvalue weighted by molar-refractivity contribution is -0.147. The van der Waals surface area contributed by atoms with Crippen molar-refractivity contribution < 1.29 is 47.8 Å². The number of aliphatic hydroxyl groups excluding tert-OH is 1. The molecule has 0 saturated carbocycles. The summed E-state index contributed by atoms with van der Waals surface area (Å²) >= 11 is 0. The van der Waals surface area contributed by atoms with E-state index in [-0.39, 0.29) is 12.8 Å². The molecule has 0 aromatic rings. The van der Waals surface area contributed by atoms with Crippen LogP contribution in [0.2, 0.25) is 0 Å². The van der Waals surface area contributed by atoms with E-state index in [0.717, 1.165) is 51.4 Å². The van der Waals surface area contributed by atoms with Gasteiger partial charge in [-0.2, -0.15) is 0 Å². The Morgan fingerprint density at radius 2 is 1.24 bits per heavy atom. The highest BCUT2D eigenvalue weighted by atomic mass is 31.2. The van der Waals surface area contributed by atoms with Crippen molar-refractivity contribution in [2.45, 2.75) is 142 Å². The standard InChI is InChI=1S/C30H56NO10P/c1-3-5-7-8-9-10-11-12-13-14-15-16-17-18-20-21-28(33)31-27(30(35)36)25-41-42(37,38)40-24-26(32)23-39-29(34)22-19-6-4-2/h12-13,26-27,32H,3-11,14-25H2,1-2H3,(H,31,33)(H,35,36)(H,37,38)/b13-12-. The molecule has 1 amide bonds. The number of hydrogen-bond donors (Lipinski definition) is 4. The van der Waals surface area contributed by atoms with Crippen molar-refractivity contribution >= 4 is 25.7 Å². The van der Waals surface area contributed by atoms with Crippen LogP contribution in [0, 0.1) is 0 Å². The fourth-order valence-electron chi connectivity index (χ4n) is 4.01. The van der Waals surface area contributed by atoms with E-state index in [1.807, 2.05) is 6.92 Å². The van der Waals surface area contributed by atoms with Gasteiger partial charge in [0.15, 0.2) is 6.04 Å². The van der Waals surface area contributed by atoms with Crippen molar-refractivity contribution in [3.05, 3.63) is 12.2 Å². The number of esters is 1. The van der Waals surface area contributed by atoms with E-state index in [1.54, 1.807) is 0 Å². The summed E-state index contributed by atoms with van der Waals surface area (Å²) in [5.74, 6) is -2.41. The summed E-state index contributed by atoms with van der Waals surface area (Å²) in [6.45, 7) is 2.33. The predicted molar refractivity (Wildman–Crippen MR) is 162 cm³/mol. The SMILES string of the molecule is CCCCCCCC/C=C\CCCCCCCC(=O)NC(COP(=O)(O)OCC(O)COC(=O)CCCCC)C(=O)O. The van der Waals surface area contributed by atoms with Gasteiger partial charge in [0.1, 0.15) is 12.7 Å². The largest absolute Gasteiger partial charge is 0.480 e. The minimum Gasteiger partial charge on any atom is -0.480 e. The van der Waals surface area contributed by atoms with Crippen LogP contribution in [0.15, 0.2) is 12.2 Å². The lowest BCUT2D eigenvalue weighted by Crippen LogP contribution is -2.43. The van der Waals surface area contributed by atoms with Crippen LogP contribution in [-0.4, -0.2) is 64.9 Å². The molecule has 3 atom stereocenters. The summed E-state index contributed by atoms with van der Waals surface area (Å²) in [6, 6.07) is -1.54. The summed E-state index contributed by atoms with van der Waals surface area (Å²) in [7, 11) is -4.73. The number of carbonyl (C=O) groups is 3. The number of rotatable bonds is 29. The Bertz CT molecular complexity index is 792. The molecule has 0 rings (SSSR count). The first kappa shape index (κ1) is 40.2. The number of allylic oxidation sites excluding steroid dienone is 2. The number of phosphoric acid groups is 1. The molecule has 11 nitrogen and oxygen atoms in total. The number of hydrogen-bond acceptors (Lipinski definition) is 8. The van der Waals surface area contributed by atoms with Crippen molar-refractivity contribution in [2.75, 3.05) is 19.8 Å². The van der Waals surface area contributed by atoms with Gasteiger partial charge < -0.3 is 25.2 Å². The third-order valence-electron chi connectivity index (χ3n) is 6.55. The zero-order valence-corrected chi connectivity index (χ0v) is 26.7. The Hall–Kier alpha value is -1.78. The number of carboxylic acid groups (broad SMARTS) is 1. The molecule has 0 aliphatic rings. The Kier molecular flexibility index (Phi) is 25.7. The molecule has 3 unspecified atom stereocenters. The number of ether oxygens (including phenoxy) is 1. The molecule has 0 aliphatic carbocycles. The van der Waals surface area contributed by atoms with Crippen LogP contribution < -0.4 is 5.32 Å². The highest BCUT2D eigenvalue weighted by Gasteiger charge is 2.28. The fraction of sp³-hybridized carbons (Fsp3) is 0.833. The third kappa shape index (κ3) is 25.9. The Morgan fingerprint density at radius 3 is 1.83 bits per heavy atom. The van der Waals surface area contributed by atoms with Gasteiger partial charge in [-0.15, -0.1) is 0 Å². The lowest BCUT2D eigenvalue weighted by Gasteiger charge is -2.18. The van der Waals surface area contributed by atoms with Crippen molar-refractivity contribution in [3.63, 3.8) is 0 Å². The molecular formula is C30H56NO10P. The molecule has 0 heterocycles. The maximum Gasteiger partial charge on any atom is 0.472 e. The number of phosphoric ester groups is 1. The molecule has 0 aromatic carbocycles. The van der Waals surface area contributed by atoms with Gasteiger partial charge in [-0.1, -0.05) is 90.2 Å². The van der Waals surface area contributed by atoms with E-state index in [4.69, 9.17) is 9.26 Å². The average Bonchev–Trinajstić information content (AvgIpc) is 2.95. The highest BCUT2D eigenvalue weighted by Crippen LogP contribution is 2.43. The van der Waals surface area contributed by atoms with Gasteiger partial charge in [0.05, 0.1) is 13.2 Å². The van der Waals surface area contributed by atoms with Gasteiger partial charge in [0, 0.05) is 12.8 Å². The maximum absolute atomic E-state index is 12.2. The van der Waals surface area contributed by atoms with Crippen LogP contribution in [0.4, 0.5) is 0 Å². The zero-order valence-electron chi connectivity index (χ0n) is 25.8. The van der Waals surface area contributed by atoms with Gasteiger partial charge >= 0.3 is 19.8 Å². The summed E-state index contributed by atoms with van der Waals surface area (Å²) < 4.78 is 26.3. The first-order valence-corrected chi connectivity index (χ1v) is 17.2. The number of amides is 1. The summed E-state index contributed by atoms with van der Waals surface area (Å²) in [5.41, 5.74) is 0. The normalized spacial score (nSPS) is 14.4. The summed E-state index contributed by atoms with van der Waals surface area (Å²) in [6.07, 6.45) is 20.6. The van der Waals surface area contributed by atoms with Crippen molar-refractivity contribution in [1.29, 1.82) is 0 Å². The maximum atomic E-state index is 12.2. The van der Waals surface area contributed by atoms with Gasteiger partial charge in [0.25, 0.3) is 0 Å². The van der Waals surface area contributed by atoms with Gasteiger partial charge in [-0.3, -0.25) is 18.6 Å². The first-order valence-electron chi connectivity index (χ1n) is 15.7. The van der Waals surface area contributed by atoms with E-state index in [1.165, 1.54) is 38.5 Å². The minimum absolute atomic E-state index is 0.137. The first-order chi connectivity index (χ1) is 20.1. The lowest BCUT2D eigenvalue weighted by atomic mass is 10.1. The predicted octanol–water partition coefficient (Wildman–Crippen LogP) is 6.21. The molecule has 4 N–H and O–H groups in total. The van der Waals surface area contributed by atoms with E-state index in [9.17, 15) is 34.1 Å². The second kappa shape index (κ2) is 26.8. The number of unbranched alkanes of at least 4 members (excludes halogenated alkanes) is 13. The highest BCUT2D eigenvalue weighted by molar-refractivity contribution is 7.47. The number of aliphatic carboxylic acids is 1. The number of carboxylic acids is 1. The van der Waals surface area contributed by atoms with Gasteiger partial charge in [-0.05, 0) is 38.5 Å². The van der Waals surface area contributed by atoms with Crippen molar-refractivity contribution in [3.8, 4) is 0 Å².